The van der Waals surface area contributed by atoms with Gasteiger partial charge in [-0.2, -0.15) is 13.2 Å². The maximum atomic E-state index is 12.5. The SMILES string of the molecule is CC(C)(C)OC(=O)N1CCN(c2ncc(C(F)(F)F)cn2)CC1. The fourth-order valence-electron chi connectivity index (χ4n) is 2.05. The Morgan fingerprint density at radius 1 is 1.09 bits per heavy atom. The monoisotopic (exact) mass is 332 g/mol. The van der Waals surface area contributed by atoms with Crippen LogP contribution in [0.1, 0.15) is 26.3 Å². The second-order valence-corrected chi connectivity index (χ2v) is 6.22. The molecule has 0 saturated carbocycles. The van der Waals surface area contributed by atoms with Crippen molar-refractivity contribution in [1.29, 1.82) is 0 Å². The lowest BCUT2D eigenvalue weighted by Crippen LogP contribution is -2.50. The number of rotatable bonds is 1. The summed E-state index contributed by atoms with van der Waals surface area (Å²) in [6.07, 6.45) is -3.32. The number of alkyl halides is 3. The number of halogens is 3. The van der Waals surface area contributed by atoms with Gasteiger partial charge in [0.15, 0.2) is 0 Å². The maximum Gasteiger partial charge on any atom is 0.419 e. The lowest BCUT2D eigenvalue weighted by molar-refractivity contribution is -0.138. The van der Waals surface area contributed by atoms with E-state index in [-0.39, 0.29) is 5.95 Å². The molecule has 0 aromatic carbocycles. The van der Waals surface area contributed by atoms with Gasteiger partial charge < -0.3 is 14.5 Å². The van der Waals surface area contributed by atoms with E-state index >= 15 is 0 Å². The van der Waals surface area contributed by atoms with E-state index < -0.39 is 23.4 Å². The van der Waals surface area contributed by atoms with Crippen LogP contribution in [0.3, 0.4) is 0 Å². The van der Waals surface area contributed by atoms with Crippen LogP contribution in [-0.4, -0.2) is 52.7 Å². The van der Waals surface area contributed by atoms with E-state index in [4.69, 9.17) is 4.74 Å². The van der Waals surface area contributed by atoms with Crippen LogP contribution in [0.2, 0.25) is 0 Å². The zero-order valence-electron chi connectivity index (χ0n) is 13.2. The Kier molecular flexibility index (Phi) is 4.67. The molecule has 1 aliphatic rings. The molecular weight excluding hydrogens is 313 g/mol. The van der Waals surface area contributed by atoms with Gasteiger partial charge >= 0.3 is 12.3 Å². The standard InChI is InChI=1S/C14H19F3N4O2/c1-13(2,3)23-12(22)21-6-4-20(5-7-21)11-18-8-10(9-19-11)14(15,16)17/h8-9H,4-7H2,1-3H3. The number of piperazine rings is 1. The average molecular weight is 332 g/mol. The van der Waals surface area contributed by atoms with Crippen molar-refractivity contribution in [3.63, 3.8) is 0 Å². The second kappa shape index (κ2) is 6.21. The summed E-state index contributed by atoms with van der Waals surface area (Å²) in [4.78, 5) is 22.8. The fraction of sp³-hybridized carbons (Fsp3) is 0.643. The minimum absolute atomic E-state index is 0.224. The summed E-state index contributed by atoms with van der Waals surface area (Å²) < 4.78 is 42.7. The summed E-state index contributed by atoms with van der Waals surface area (Å²) >= 11 is 0. The highest BCUT2D eigenvalue weighted by Gasteiger charge is 2.32. The molecule has 1 aliphatic heterocycles. The van der Waals surface area contributed by atoms with E-state index in [9.17, 15) is 18.0 Å². The molecule has 2 rings (SSSR count). The molecule has 2 heterocycles. The van der Waals surface area contributed by atoms with Crippen molar-refractivity contribution in [3.8, 4) is 0 Å². The predicted molar refractivity (Wildman–Crippen MR) is 77.1 cm³/mol. The number of hydrogen-bond donors (Lipinski definition) is 0. The van der Waals surface area contributed by atoms with Crippen LogP contribution in [0.5, 0.6) is 0 Å². The highest BCUT2D eigenvalue weighted by molar-refractivity contribution is 5.68. The summed E-state index contributed by atoms with van der Waals surface area (Å²) in [6.45, 7) is 7.04. The zero-order valence-corrected chi connectivity index (χ0v) is 13.2. The third-order valence-electron chi connectivity index (χ3n) is 3.18. The molecule has 0 unspecified atom stereocenters. The molecule has 128 valence electrons. The van der Waals surface area contributed by atoms with Gasteiger partial charge in [-0.3, -0.25) is 0 Å². The molecule has 1 fully saturated rings. The van der Waals surface area contributed by atoms with Crippen LogP contribution in [0.15, 0.2) is 12.4 Å². The molecule has 23 heavy (non-hydrogen) atoms. The first-order chi connectivity index (χ1) is 10.6. The summed E-state index contributed by atoms with van der Waals surface area (Å²) in [7, 11) is 0. The van der Waals surface area contributed by atoms with Gasteiger partial charge in [0, 0.05) is 38.6 Å². The lowest BCUT2D eigenvalue weighted by atomic mass is 10.2. The van der Waals surface area contributed by atoms with Crippen LogP contribution < -0.4 is 4.90 Å². The van der Waals surface area contributed by atoms with E-state index in [1.165, 1.54) is 0 Å². The van der Waals surface area contributed by atoms with E-state index in [2.05, 4.69) is 9.97 Å². The summed E-state index contributed by atoms with van der Waals surface area (Å²) in [5.41, 5.74) is -1.45. The Balaban J connectivity index is 1.93. The summed E-state index contributed by atoms with van der Waals surface area (Å²) in [6, 6.07) is 0. The van der Waals surface area contributed by atoms with Gasteiger partial charge in [0.2, 0.25) is 5.95 Å². The van der Waals surface area contributed by atoms with Crippen LogP contribution in [0.4, 0.5) is 23.9 Å². The van der Waals surface area contributed by atoms with Gasteiger partial charge in [0.1, 0.15) is 5.60 Å². The molecule has 1 aromatic heterocycles. The van der Waals surface area contributed by atoms with E-state index in [1.54, 1.807) is 30.6 Å². The fourth-order valence-corrected chi connectivity index (χ4v) is 2.05. The topological polar surface area (TPSA) is 58.6 Å². The van der Waals surface area contributed by atoms with Crippen molar-refractivity contribution in [1.82, 2.24) is 14.9 Å². The van der Waals surface area contributed by atoms with Gasteiger partial charge in [-0.25, -0.2) is 14.8 Å². The predicted octanol–water partition coefficient (Wildman–Crippen LogP) is 2.55. The number of hydrogen-bond acceptors (Lipinski definition) is 5. The second-order valence-electron chi connectivity index (χ2n) is 6.22. The highest BCUT2D eigenvalue weighted by atomic mass is 19.4. The zero-order chi connectivity index (χ0) is 17.3. The number of carbonyl (C=O) groups is 1. The van der Waals surface area contributed by atoms with Gasteiger partial charge in [-0.05, 0) is 20.8 Å². The van der Waals surface area contributed by atoms with Crippen molar-refractivity contribution in [2.24, 2.45) is 0 Å². The first-order valence-electron chi connectivity index (χ1n) is 7.18. The summed E-state index contributed by atoms with van der Waals surface area (Å²) in [5, 5.41) is 0. The molecule has 0 atom stereocenters. The number of ether oxygens (including phenoxy) is 1. The molecular formula is C14H19F3N4O2. The third kappa shape index (κ3) is 4.70. The maximum absolute atomic E-state index is 12.5. The van der Waals surface area contributed by atoms with Crippen molar-refractivity contribution in [3.05, 3.63) is 18.0 Å². The first-order valence-corrected chi connectivity index (χ1v) is 7.18. The van der Waals surface area contributed by atoms with E-state index in [0.717, 1.165) is 12.4 Å². The first kappa shape index (κ1) is 17.3. The third-order valence-corrected chi connectivity index (χ3v) is 3.18. The molecule has 0 bridgehead atoms. The number of amides is 1. The number of carbonyl (C=O) groups excluding carboxylic acids is 1. The van der Waals surface area contributed by atoms with Gasteiger partial charge in [-0.15, -0.1) is 0 Å². The van der Waals surface area contributed by atoms with Crippen LogP contribution in [-0.2, 0) is 10.9 Å². The Morgan fingerprint density at radius 3 is 2.04 bits per heavy atom. The van der Waals surface area contributed by atoms with Crippen molar-refractivity contribution >= 4 is 12.0 Å². The molecule has 0 radical (unpaired) electrons. The molecule has 0 aliphatic carbocycles. The van der Waals surface area contributed by atoms with Crippen LogP contribution in [0, 0.1) is 0 Å². The Bertz CT molecular complexity index is 547. The minimum atomic E-state index is -4.45. The molecule has 0 spiro atoms. The highest BCUT2D eigenvalue weighted by Crippen LogP contribution is 2.28. The van der Waals surface area contributed by atoms with Crippen molar-refractivity contribution in [2.75, 3.05) is 31.1 Å². The largest absolute Gasteiger partial charge is 0.444 e. The average Bonchev–Trinajstić information content (AvgIpc) is 2.45. The Hall–Kier alpha value is -2.06. The molecule has 0 N–H and O–H groups in total. The van der Waals surface area contributed by atoms with E-state index in [1.807, 2.05) is 0 Å². The van der Waals surface area contributed by atoms with Crippen LogP contribution >= 0.6 is 0 Å². The van der Waals surface area contributed by atoms with E-state index in [0.29, 0.717) is 26.2 Å². The molecule has 9 heteroatoms. The molecule has 1 amide bonds. The van der Waals surface area contributed by atoms with Crippen LogP contribution in [0.25, 0.3) is 0 Å². The number of nitrogens with zero attached hydrogens (tertiary/aromatic N) is 4. The van der Waals surface area contributed by atoms with Gasteiger partial charge in [-0.1, -0.05) is 0 Å². The number of aromatic nitrogens is 2. The quantitative estimate of drug-likeness (QED) is 0.791. The molecule has 6 nitrogen and oxygen atoms in total. The Morgan fingerprint density at radius 2 is 1.61 bits per heavy atom. The smallest absolute Gasteiger partial charge is 0.419 e. The minimum Gasteiger partial charge on any atom is -0.444 e. The Labute approximate surface area is 132 Å². The number of anilines is 1. The normalized spacial score (nSPS) is 16.4. The molecule has 1 aromatic rings. The van der Waals surface area contributed by atoms with Gasteiger partial charge in [0.25, 0.3) is 0 Å². The molecule has 1 saturated heterocycles. The van der Waals surface area contributed by atoms with Crippen molar-refractivity contribution < 1.29 is 22.7 Å². The van der Waals surface area contributed by atoms with Gasteiger partial charge in [0.05, 0.1) is 5.56 Å². The summed E-state index contributed by atoms with van der Waals surface area (Å²) in [5.74, 6) is 0.224. The van der Waals surface area contributed by atoms with Crippen molar-refractivity contribution in [2.45, 2.75) is 32.5 Å². The lowest BCUT2D eigenvalue weighted by Gasteiger charge is -2.35.